The van der Waals surface area contributed by atoms with Crippen molar-refractivity contribution in [3.05, 3.63) is 71.5 Å². The summed E-state index contributed by atoms with van der Waals surface area (Å²) in [6.07, 6.45) is -0.865. The molecule has 0 saturated carbocycles. The Morgan fingerprint density at radius 1 is 1.14 bits per heavy atom. The Labute approximate surface area is 129 Å². The molecule has 1 unspecified atom stereocenters. The van der Waals surface area contributed by atoms with Gasteiger partial charge >= 0.3 is 0 Å². The summed E-state index contributed by atoms with van der Waals surface area (Å²) < 4.78 is 12.9. The van der Waals surface area contributed by atoms with Crippen LogP contribution in [0.3, 0.4) is 0 Å². The van der Waals surface area contributed by atoms with E-state index in [0.29, 0.717) is 5.56 Å². The van der Waals surface area contributed by atoms with Crippen molar-refractivity contribution in [2.24, 2.45) is 0 Å². The molecule has 0 fully saturated rings. The third kappa shape index (κ3) is 3.71. The summed E-state index contributed by atoms with van der Waals surface area (Å²) in [4.78, 5) is 12.4. The molecule has 2 aromatic carbocycles. The fourth-order valence-electron chi connectivity index (χ4n) is 2.20. The van der Waals surface area contributed by atoms with Gasteiger partial charge in [0.15, 0.2) is 0 Å². The van der Waals surface area contributed by atoms with Gasteiger partial charge < -0.3 is 10.4 Å². The van der Waals surface area contributed by atoms with Crippen LogP contribution in [0.15, 0.2) is 54.6 Å². The first kappa shape index (κ1) is 16.2. The van der Waals surface area contributed by atoms with E-state index in [2.05, 4.69) is 5.32 Å². The van der Waals surface area contributed by atoms with Gasteiger partial charge in [0.2, 0.25) is 5.91 Å². The Morgan fingerprint density at radius 3 is 2.32 bits per heavy atom. The van der Waals surface area contributed by atoms with Crippen LogP contribution in [0.5, 0.6) is 0 Å². The van der Waals surface area contributed by atoms with Crippen LogP contribution in [-0.2, 0) is 10.2 Å². The third-order valence-corrected chi connectivity index (χ3v) is 3.77. The van der Waals surface area contributed by atoms with E-state index in [-0.39, 0.29) is 18.3 Å². The van der Waals surface area contributed by atoms with Crippen molar-refractivity contribution in [1.82, 2.24) is 5.32 Å². The predicted octanol–water partition coefficient (Wildman–Crippen LogP) is 2.95. The average molecular weight is 301 g/mol. The molecule has 0 saturated heterocycles. The summed E-state index contributed by atoms with van der Waals surface area (Å²) >= 11 is 0. The third-order valence-electron chi connectivity index (χ3n) is 3.77. The van der Waals surface area contributed by atoms with Gasteiger partial charge in [-0.15, -0.1) is 0 Å². The highest BCUT2D eigenvalue weighted by Gasteiger charge is 2.29. The van der Waals surface area contributed by atoms with Gasteiger partial charge in [-0.1, -0.05) is 42.5 Å². The lowest BCUT2D eigenvalue weighted by molar-refractivity contribution is -0.126. The van der Waals surface area contributed by atoms with Crippen LogP contribution in [0.2, 0.25) is 0 Å². The molecule has 4 heteroatoms. The van der Waals surface area contributed by atoms with Gasteiger partial charge in [-0.05, 0) is 37.1 Å². The number of nitrogens with one attached hydrogen (secondary N) is 1. The van der Waals surface area contributed by atoms with Crippen LogP contribution < -0.4 is 5.32 Å². The highest BCUT2D eigenvalue weighted by Crippen LogP contribution is 2.23. The Balaban J connectivity index is 1.99. The van der Waals surface area contributed by atoms with Crippen molar-refractivity contribution in [2.75, 3.05) is 6.54 Å². The molecule has 0 radical (unpaired) electrons. The largest absolute Gasteiger partial charge is 0.387 e. The molecule has 0 aromatic heterocycles. The quantitative estimate of drug-likeness (QED) is 0.892. The van der Waals surface area contributed by atoms with Gasteiger partial charge in [0.05, 0.1) is 11.5 Å². The molecule has 1 amide bonds. The number of hydrogen-bond donors (Lipinski definition) is 2. The SMILES string of the molecule is CC(C)(C(=O)NCC(O)c1ccc(F)cc1)c1ccccc1. The van der Waals surface area contributed by atoms with Crippen LogP contribution in [0.4, 0.5) is 4.39 Å². The monoisotopic (exact) mass is 301 g/mol. The first-order valence-electron chi connectivity index (χ1n) is 7.18. The molecule has 0 spiro atoms. The first-order chi connectivity index (χ1) is 10.4. The lowest BCUT2D eigenvalue weighted by Crippen LogP contribution is -2.41. The van der Waals surface area contributed by atoms with Crippen LogP contribution in [0, 0.1) is 5.82 Å². The van der Waals surface area contributed by atoms with Crippen LogP contribution >= 0.6 is 0 Å². The molecule has 3 nitrogen and oxygen atoms in total. The summed E-state index contributed by atoms with van der Waals surface area (Å²) in [7, 11) is 0. The highest BCUT2D eigenvalue weighted by molar-refractivity contribution is 5.87. The smallest absolute Gasteiger partial charge is 0.230 e. The lowest BCUT2D eigenvalue weighted by atomic mass is 9.83. The predicted molar refractivity (Wildman–Crippen MR) is 83.8 cm³/mol. The van der Waals surface area contributed by atoms with Gasteiger partial charge in [0.1, 0.15) is 5.82 Å². The summed E-state index contributed by atoms with van der Waals surface area (Å²) in [6, 6.07) is 15.1. The molecule has 1 atom stereocenters. The van der Waals surface area contributed by atoms with Crippen molar-refractivity contribution in [3.63, 3.8) is 0 Å². The molecule has 2 aromatic rings. The summed E-state index contributed by atoms with van der Waals surface area (Å²) in [5.74, 6) is -0.523. The van der Waals surface area contributed by atoms with Crippen LogP contribution in [0.1, 0.15) is 31.1 Å². The van der Waals surface area contributed by atoms with E-state index < -0.39 is 11.5 Å². The van der Waals surface area contributed by atoms with Crippen molar-refractivity contribution in [1.29, 1.82) is 0 Å². The molecule has 0 aliphatic heterocycles. The minimum Gasteiger partial charge on any atom is -0.387 e. The maximum Gasteiger partial charge on any atom is 0.230 e. The van der Waals surface area contributed by atoms with E-state index in [1.807, 2.05) is 44.2 Å². The normalized spacial score (nSPS) is 12.7. The van der Waals surface area contributed by atoms with E-state index in [1.54, 1.807) is 0 Å². The van der Waals surface area contributed by atoms with E-state index in [0.717, 1.165) is 5.56 Å². The summed E-state index contributed by atoms with van der Waals surface area (Å²) in [6.45, 7) is 3.75. The van der Waals surface area contributed by atoms with Crippen molar-refractivity contribution >= 4 is 5.91 Å². The average Bonchev–Trinajstić information content (AvgIpc) is 2.53. The van der Waals surface area contributed by atoms with Gasteiger partial charge in [-0.25, -0.2) is 4.39 Å². The molecule has 0 aliphatic rings. The van der Waals surface area contributed by atoms with Crippen molar-refractivity contribution in [3.8, 4) is 0 Å². The minimum atomic E-state index is -0.865. The van der Waals surface area contributed by atoms with Crippen molar-refractivity contribution in [2.45, 2.75) is 25.4 Å². The van der Waals surface area contributed by atoms with E-state index >= 15 is 0 Å². The second kappa shape index (κ2) is 6.71. The number of aliphatic hydroxyl groups is 1. The molecular weight excluding hydrogens is 281 g/mol. The fraction of sp³-hybridized carbons (Fsp3) is 0.278. The number of carbonyl (C=O) groups excluding carboxylic acids is 1. The number of halogens is 1. The number of aliphatic hydroxyl groups excluding tert-OH is 1. The summed E-state index contributed by atoms with van der Waals surface area (Å²) in [5.41, 5.74) is 0.784. The zero-order valence-corrected chi connectivity index (χ0v) is 12.7. The molecule has 0 bridgehead atoms. The molecule has 0 heterocycles. The summed E-state index contributed by atoms with van der Waals surface area (Å²) in [5, 5.41) is 12.8. The zero-order valence-electron chi connectivity index (χ0n) is 12.7. The maximum atomic E-state index is 12.9. The molecule has 22 heavy (non-hydrogen) atoms. The van der Waals surface area contributed by atoms with E-state index in [9.17, 15) is 14.3 Å². The zero-order chi connectivity index (χ0) is 16.2. The minimum absolute atomic E-state index is 0.0841. The number of benzene rings is 2. The molecule has 0 aliphatic carbocycles. The van der Waals surface area contributed by atoms with Gasteiger partial charge in [0.25, 0.3) is 0 Å². The Morgan fingerprint density at radius 2 is 1.73 bits per heavy atom. The second-order valence-corrected chi connectivity index (χ2v) is 5.77. The number of hydrogen-bond acceptors (Lipinski definition) is 2. The Bertz CT molecular complexity index is 623. The maximum absolute atomic E-state index is 12.9. The highest BCUT2D eigenvalue weighted by atomic mass is 19.1. The molecule has 2 N–H and O–H groups in total. The van der Waals surface area contributed by atoms with Gasteiger partial charge in [0, 0.05) is 6.54 Å². The fourth-order valence-corrected chi connectivity index (χ4v) is 2.20. The van der Waals surface area contributed by atoms with Crippen LogP contribution in [0.25, 0.3) is 0 Å². The van der Waals surface area contributed by atoms with Gasteiger partial charge in [-0.2, -0.15) is 0 Å². The Hall–Kier alpha value is -2.20. The molecular formula is C18H20FNO2. The first-order valence-corrected chi connectivity index (χ1v) is 7.18. The van der Waals surface area contributed by atoms with E-state index in [1.165, 1.54) is 24.3 Å². The lowest BCUT2D eigenvalue weighted by Gasteiger charge is -2.25. The second-order valence-electron chi connectivity index (χ2n) is 5.77. The van der Waals surface area contributed by atoms with Crippen LogP contribution in [-0.4, -0.2) is 17.6 Å². The van der Waals surface area contributed by atoms with E-state index in [4.69, 9.17) is 0 Å². The number of amides is 1. The standard InChI is InChI=1S/C18H20FNO2/c1-18(2,14-6-4-3-5-7-14)17(22)20-12-16(21)13-8-10-15(19)11-9-13/h3-11,16,21H,12H2,1-2H3,(H,20,22). The number of rotatable bonds is 5. The Kier molecular flexibility index (Phi) is 4.93. The molecule has 116 valence electrons. The molecule has 2 rings (SSSR count). The van der Waals surface area contributed by atoms with Crippen molar-refractivity contribution < 1.29 is 14.3 Å². The van der Waals surface area contributed by atoms with Gasteiger partial charge in [-0.3, -0.25) is 4.79 Å². The number of carbonyl (C=O) groups is 1. The topological polar surface area (TPSA) is 49.3 Å².